The van der Waals surface area contributed by atoms with E-state index in [0.29, 0.717) is 12.0 Å². The van der Waals surface area contributed by atoms with Gasteiger partial charge in [0.25, 0.3) is 0 Å². The van der Waals surface area contributed by atoms with Gasteiger partial charge in [0.1, 0.15) is 0 Å². The van der Waals surface area contributed by atoms with Crippen LogP contribution in [0, 0.1) is 11.8 Å². The average Bonchev–Trinajstić information content (AvgIpc) is 3.07. The van der Waals surface area contributed by atoms with Crippen LogP contribution in [0.15, 0.2) is 0 Å². The summed E-state index contributed by atoms with van der Waals surface area (Å²) in [5, 5.41) is 3.51. The Morgan fingerprint density at radius 3 is 2.25 bits per heavy atom. The molecule has 0 unspecified atom stereocenters. The molecule has 0 aliphatic heterocycles. The number of anilines is 2. The second kappa shape index (κ2) is 3.73. The zero-order valence-electron chi connectivity index (χ0n) is 8.86. The Labute approximate surface area is 98.8 Å². The largest absolute Gasteiger partial charge is 0.368 e. The minimum atomic E-state index is 0.153. The maximum absolute atomic E-state index is 5.74. The molecule has 0 atom stereocenters. The minimum absolute atomic E-state index is 0.153. The lowest BCUT2D eigenvalue weighted by Crippen LogP contribution is -2.25. The second-order valence-corrected chi connectivity index (χ2v) is 4.97. The maximum Gasteiger partial charge on any atom is 0.229 e. The molecule has 2 saturated carbocycles. The number of nitrogen functional groups attached to an aromatic ring is 1. The van der Waals surface area contributed by atoms with Crippen LogP contribution in [0.2, 0.25) is 5.28 Å². The fraction of sp³-hybridized carbons (Fsp3) is 0.700. The first-order valence-electron chi connectivity index (χ1n) is 5.66. The van der Waals surface area contributed by atoms with Crippen molar-refractivity contribution in [3.05, 3.63) is 5.28 Å². The van der Waals surface area contributed by atoms with Crippen LogP contribution in [0.4, 0.5) is 11.9 Å². The third-order valence-corrected chi connectivity index (χ3v) is 3.35. The van der Waals surface area contributed by atoms with Gasteiger partial charge in [0.15, 0.2) is 0 Å². The molecule has 0 saturated heterocycles. The van der Waals surface area contributed by atoms with Crippen LogP contribution in [0.3, 0.4) is 0 Å². The first-order valence-corrected chi connectivity index (χ1v) is 6.04. The molecule has 1 aromatic heterocycles. The molecule has 5 nitrogen and oxygen atoms in total. The van der Waals surface area contributed by atoms with E-state index in [-0.39, 0.29) is 11.2 Å². The van der Waals surface area contributed by atoms with Gasteiger partial charge in [0.05, 0.1) is 0 Å². The predicted molar refractivity (Wildman–Crippen MR) is 62.1 cm³/mol. The summed E-state index contributed by atoms with van der Waals surface area (Å²) in [6.45, 7) is 0. The Balaban J connectivity index is 1.75. The zero-order chi connectivity index (χ0) is 11.1. The fourth-order valence-electron chi connectivity index (χ4n) is 2.11. The summed E-state index contributed by atoms with van der Waals surface area (Å²) in [7, 11) is 0. The maximum atomic E-state index is 5.74. The average molecular weight is 240 g/mol. The number of nitrogens with two attached hydrogens (primary N) is 1. The Morgan fingerprint density at radius 1 is 1.12 bits per heavy atom. The molecular weight excluding hydrogens is 226 g/mol. The van der Waals surface area contributed by atoms with Gasteiger partial charge in [-0.3, -0.25) is 0 Å². The fourth-order valence-corrected chi connectivity index (χ4v) is 2.28. The molecule has 0 spiro atoms. The normalized spacial score (nSPS) is 20.1. The molecule has 2 aliphatic carbocycles. The van der Waals surface area contributed by atoms with Gasteiger partial charge in [-0.15, -0.1) is 0 Å². The van der Waals surface area contributed by atoms with Gasteiger partial charge in [0, 0.05) is 6.04 Å². The molecule has 16 heavy (non-hydrogen) atoms. The summed E-state index contributed by atoms with van der Waals surface area (Å²) >= 11 is 5.74. The standard InChI is InChI=1S/C10H14ClN5/c11-8-14-9(12)16-10(15-8)13-7(5-1-2-5)6-3-4-6/h5-7H,1-4H2,(H3,12,13,14,15,16). The molecule has 1 heterocycles. The molecule has 0 radical (unpaired) electrons. The number of halogens is 1. The van der Waals surface area contributed by atoms with E-state index in [1.165, 1.54) is 25.7 Å². The number of nitrogens with zero attached hydrogens (tertiary/aromatic N) is 3. The van der Waals surface area contributed by atoms with Crippen LogP contribution in [-0.4, -0.2) is 21.0 Å². The van der Waals surface area contributed by atoms with Crippen molar-refractivity contribution < 1.29 is 0 Å². The van der Waals surface area contributed by atoms with Crippen LogP contribution >= 0.6 is 11.6 Å². The van der Waals surface area contributed by atoms with Crippen molar-refractivity contribution in [2.75, 3.05) is 11.1 Å². The molecule has 2 aliphatic rings. The smallest absolute Gasteiger partial charge is 0.229 e. The van der Waals surface area contributed by atoms with E-state index in [1.54, 1.807) is 0 Å². The van der Waals surface area contributed by atoms with Crippen molar-refractivity contribution in [2.45, 2.75) is 31.7 Å². The lowest BCUT2D eigenvalue weighted by Gasteiger charge is -2.17. The minimum Gasteiger partial charge on any atom is -0.368 e. The van der Waals surface area contributed by atoms with Crippen molar-refractivity contribution in [2.24, 2.45) is 11.8 Å². The van der Waals surface area contributed by atoms with Gasteiger partial charge in [-0.1, -0.05) is 0 Å². The van der Waals surface area contributed by atoms with Crippen molar-refractivity contribution in [3.8, 4) is 0 Å². The number of hydrogen-bond acceptors (Lipinski definition) is 5. The van der Waals surface area contributed by atoms with Gasteiger partial charge in [0.2, 0.25) is 17.2 Å². The predicted octanol–water partition coefficient (Wildman–Crippen LogP) is 1.71. The monoisotopic (exact) mass is 239 g/mol. The summed E-state index contributed by atoms with van der Waals surface area (Å²) in [5.74, 6) is 2.25. The number of hydrogen-bond donors (Lipinski definition) is 2. The van der Waals surface area contributed by atoms with E-state index in [1.807, 2.05) is 0 Å². The molecule has 0 aromatic carbocycles. The molecule has 1 aromatic rings. The third-order valence-electron chi connectivity index (χ3n) is 3.18. The van der Waals surface area contributed by atoms with Gasteiger partial charge in [-0.2, -0.15) is 15.0 Å². The Morgan fingerprint density at radius 2 is 1.75 bits per heavy atom. The lowest BCUT2D eigenvalue weighted by atomic mass is 10.1. The molecular formula is C10H14ClN5. The molecule has 86 valence electrons. The summed E-state index contributed by atoms with van der Waals surface area (Å²) < 4.78 is 0. The van der Waals surface area contributed by atoms with Crippen molar-refractivity contribution in [1.29, 1.82) is 0 Å². The first kappa shape index (κ1) is 10.1. The van der Waals surface area contributed by atoms with Crippen molar-refractivity contribution in [3.63, 3.8) is 0 Å². The Hall–Kier alpha value is -1.10. The summed E-state index contributed by atoms with van der Waals surface area (Å²) in [5.41, 5.74) is 5.53. The quantitative estimate of drug-likeness (QED) is 0.837. The summed E-state index contributed by atoms with van der Waals surface area (Å²) in [6.07, 6.45) is 5.23. The highest BCUT2D eigenvalue weighted by Gasteiger charge is 2.41. The third kappa shape index (κ3) is 2.19. The van der Waals surface area contributed by atoms with Crippen LogP contribution in [-0.2, 0) is 0 Å². The van der Waals surface area contributed by atoms with E-state index in [0.717, 1.165) is 11.8 Å². The molecule has 3 rings (SSSR count). The van der Waals surface area contributed by atoms with Crippen LogP contribution in [0.1, 0.15) is 25.7 Å². The highest BCUT2D eigenvalue weighted by atomic mass is 35.5. The number of aromatic nitrogens is 3. The summed E-state index contributed by atoms with van der Waals surface area (Å²) in [6, 6.07) is 0.498. The van der Waals surface area contributed by atoms with Gasteiger partial charge in [-0.05, 0) is 49.1 Å². The number of rotatable bonds is 4. The Kier molecular flexibility index (Phi) is 2.35. The highest BCUT2D eigenvalue weighted by Crippen LogP contribution is 2.45. The van der Waals surface area contributed by atoms with Crippen molar-refractivity contribution >= 4 is 23.5 Å². The molecule has 0 amide bonds. The molecule has 3 N–H and O–H groups in total. The molecule has 2 fully saturated rings. The summed E-state index contributed by atoms with van der Waals surface area (Å²) in [4.78, 5) is 11.8. The Bertz CT molecular complexity index is 370. The van der Waals surface area contributed by atoms with Gasteiger partial charge in [-0.25, -0.2) is 0 Å². The highest BCUT2D eigenvalue weighted by molar-refractivity contribution is 6.28. The van der Waals surface area contributed by atoms with Crippen LogP contribution in [0.5, 0.6) is 0 Å². The molecule has 0 bridgehead atoms. The van der Waals surface area contributed by atoms with Crippen LogP contribution in [0.25, 0.3) is 0 Å². The van der Waals surface area contributed by atoms with Crippen LogP contribution < -0.4 is 11.1 Å². The number of nitrogens with one attached hydrogen (secondary N) is 1. The molecule has 6 heteroatoms. The zero-order valence-corrected chi connectivity index (χ0v) is 9.61. The van der Waals surface area contributed by atoms with E-state index in [2.05, 4.69) is 20.3 Å². The SMILES string of the molecule is Nc1nc(Cl)nc(NC(C2CC2)C2CC2)n1. The van der Waals surface area contributed by atoms with Gasteiger partial charge < -0.3 is 11.1 Å². The van der Waals surface area contributed by atoms with E-state index in [4.69, 9.17) is 17.3 Å². The first-order chi connectivity index (χ1) is 7.72. The van der Waals surface area contributed by atoms with Crippen molar-refractivity contribution in [1.82, 2.24) is 15.0 Å². The topological polar surface area (TPSA) is 76.7 Å². The van der Waals surface area contributed by atoms with Gasteiger partial charge >= 0.3 is 0 Å². The van der Waals surface area contributed by atoms with E-state index < -0.39 is 0 Å². The van der Waals surface area contributed by atoms with E-state index >= 15 is 0 Å². The van der Waals surface area contributed by atoms with E-state index in [9.17, 15) is 0 Å². The lowest BCUT2D eigenvalue weighted by molar-refractivity contribution is 0.563. The second-order valence-electron chi connectivity index (χ2n) is 4.63.